The Labute approximate surface area is 88.1 Å². The normalized spacial score (nSPS) is 12.3. The molecule has 6 heteroatoms. The minimum atomic E-state index is -4.43. The Morgan fingerprint density at radius 1 is 1.33 bits per heavy atom. The van der Waals surface area contributed by atoms with E-state index < -0.39 is 11.7 Å². The van der Waals surface area contributed by atoms with Crippen molar-refractivity contribution in [2.24, 2.45) is 0 Å². The minimum Gasteiger partial charge on any atom is -0.345 e. The Balaban J connectivity index is 2.80. The lowest BCUT2D eigenvalue weighted by atomic mass is 10.1. The highest BCUT2D eigenvalue weighted by atomic mass is 35.5. The zero-order chi connectivity index (χ0) is 11.1. The third kappa shape index (κ3) is 1.67. The fraction of sp³-hybridized carbons (Fsp3) is 0.222. The van der Waals surface area contributed by atoms with Crippen molar-refractivity contribution < 1.29 is 13.2 Å². The number of H-pyrrole nitrogens is 1. The van der Waals surface area contributed by atoms with Gasteiger partial charge in [0.1, 0.15) is 5.52 Å². The van der Waals surface area contributed by atoms with E-state index in [-0.39, 0.29) is 17.0 Å². The highest BCUT2D eigenvalue weighted by molar-refractivity contribution is 6.17. The number of fused-ring (bicyclic) bond motifs is 1. The highest BCUT2D eigenvalue weighted by Crippen LogP contribution is 2.36. The molecular weight excluding hydrogens is 229 g/mol. The first-order valence-corrected chi connectivity index (χ1v) is 4.65. The maximum absolute atomic E-state index is 12.7. The summed E-state index contributed by atoms with van der Waals surface area (Å²) in [5, 5.41) is 0. The van der Waals surface area contributed by atoms with Crippen LogP contribution >= 0.6 is 11.6 Å². The Bertz CT molecular complexity index is 490. The molecule has 80 valence electrons. The number of benzene rings is 1. The molecule has 2 rings (SSSR count). The minimum absolute atomic E-state index is 0.0452. The number of halogens is 4. The van der Waals surface area contributed by atoms with Crippen molar-refractivity contribution in [1.29, 1.82) is 0 Å². The molecule has 0 radical (unpaired) electrons. The molecule has 0 amide bonds. The van der Waals surface area contributed by atoms with Gasteiger partial charge in [0.25, 0.3) is 0 Å². The fourth-order valence-electron chi connectivity index (χ4n) is 1.48. The molecular formula is C9H6ClF3N2. The summed E-state index contributed by atoms with van der Waals surface area (Å²) in [6.07, 6.45) is -3.20. The van der Waals surface area contributed by atoms with E-state index in [4.69, 9.17) is 11.6 Å². The first kappa shape index (κ1) is 10.3. The molecule has 0 saturated heterocycles. The smallest absolute Gasteiger partial charge is 0.345 e. The van der Waals surface area contributed by atoms with E-state index in [1.165, 1.54) is 18.5 Å². The first-order chi connectivity index (χ1) is 7.04. The number of hydrogen-bond acceptors (Lipinski definition) is 1. The molecule has 0 spiro atoms. The Morgan fingerprint density at radius 3 is 2.67 bits per heavy atom. The summed E-state index contributed by atoms with van der Waals surface area (Å²) >= 11 is 5.47. The van der Waals surface area contributed by atoms with Crippen LogP contribution in [0.2, 0.25) is 0 Å². The number of alkyl halides is 4. The van der Waals surface area contributed by atoms with E-state index in [9.17, 15) is 13.2 Å². The third-order valence-electron chi connectivity index (χ3n) is 2.11. The molecule has 1 aromatic carbocycles. The standard InChI is InChI=1S/C9H6ClF3N2/c10-3-5-1-2-6-8(15-4-14-6)7(5)9(11,12)13/h1-2,4H,3H2,(H,14,15). The predicted octanol–water partition coefficient (Wildman–Crippen LogP) is 3.32. The Morgan fingerprint density at radius 2 is 2.07 bits per heavy atom. The highest BCUT2D eigenvalue weighted by Gasteiger charge is 2.36. The molecule has 1 N–H and O–H groups in total. The largest absolute Gasteiger partial charge is 0.418 e. The van der Waals surface area contributed by atoms with Crippen LogP contribution in [-0.4, -0.2) is 9.97 Å². The SMILES string of the molecule is FC(F)(F)c1c(CCl)ccc2[nH]cnc12. The van der Waals surface area contributed by atoms with Crippen LogP contribution in [0.4, 0.5) is 13.2 Å². The molecule has 0 bridgehead atoms. The van der Waals surface area contributed by atoms with Gasteiger partial charge < -0.3 is 4.98 Å². The van der Waals surface area contributed by atoms with Crippen molar-refractivity contribution >= 4 is 22.6 Å². The lowest BCUT2D eigenvalue weighted by Gasteiger charge is -2.11. The van der Waals surface area contributed by atoms with Gasteiger partial charge in [-0.25, -0.2) is 4.98 Å². The fourth-order valence-corrected chi connectivity index (χ4v) is 1.70. The van der Waals surface area contributed by atoms with Gasteiger partial charge in [0, 0.05) is 5.88 Å². The zero-order valence-corrected chi connectivity index (χ0v) is 8.15. The van der Waals surface area contributed by atoms with E-state index in [1.807, 2.05) is 0 Å². The quantitative estimate of drug-likeness (QED) is 0.754. The molecule has 0 fully saturated rings. The van der Waals surface area contributed by atoms with Crippen molar-refractivity contribution in [2.75, 3.05) is 0 Å². The number of aromatic amines is 1. The Kier molecular flexibility index (Phi) is 2.34. The summed E-state index contributed by atoms with van der Waals surface area (Å²) < 4.78 is 38.2. The van der Waals surface area contributed by atoms with Crippen molar-refractivity contribution in [3.8, 4) is 0 Å². The molecule has 2 aromatic rings. The van der Waals surface area contributed by atoms with E-state index in [2.05, 4.69) is 9.97 Å². The molecule has 1 heterocycles. The number of nitrogens with zero attached hydrogens (tertiary/aromatic N) is 1. The molecule has 0 aliphatic carbocycles. The maximum Gasteiger partial charge on any atom is 0.418 e. The molecule has 15 heavy (non-hydrogen) atoms. The third-order valence-corrected chi connectivity index (χ3v) is 2.39. The van der Waals surface area contributed by atoms with Gasteiger partial charge in [0.2, 0.25) is 0 Å². The van der Waals surface area contributed by atoms with Crippen LogP contribution in [0, 0.1) is 0 Å². The van der Waals surface area contributed by atoms with Gasteiger partial charge in [0.05, 0.1) is 17.4 Å². The zero-order valence-electron chi connectivity index (χ0n) is 7.40. The number of hydrogen-bond donors (Lipinski definition) is 1. The molecule has 0 aliphatic heterocycles. The second-order valence-corrected chi connectivity index (χ2v) is 3.30. The second kappa shape index (κ2) is 3.41. The van der Waals surface area contributed by atoms with Crippen molar-refractivity contribution in [1.82, 2.24) is 9.97 Å². The molecule has 0 saturated carbocycles. The van der Waals surface area contributed by atoms with E-state index in [0.29, 0.717) is 5.52 Å². The van der Waals surface area contributed by atoms with Gasteiger partial charge in [-0.2, -0.15) is 13.2 Å². The second-order valence-electron chi connectivity index (χ2n) is 3.03. The van der Waals surface area contributed by atoms with E-state index in [0.717, 1.165) is 0 Å². The number of aromatic nitrogens is 2. The summed E-state index contributed by atoms with van der Waals surface area (Å²) in [5.74, 6) is -0.183. The van der Waals surface area contributed by atoms with Crippen LogP contribution in [-0.2, 0) is 12.1 Å². The lowest BCUT2D eigenvalue weighted by molar-refractivity contribution is -0.136. The van der Waals surface area contributed by atoms with Crippen LogP contribution in [0.3, 0.4) is 0 Å². The average Bonchev–Trinajstić information content (AvgIpc) is 2.61. The van der Waals surface area contributed by atoms with Crippen molar-refractivity contribution in [3.63, 3.8) is 0 Å². The predicted molar refractivity (Wildman–Crippen MR) is 50.7 cm³/mol. The number of nitrogens with one attached hydrogen (secondary N) is 1. The maximum atomic E-state index is 12.7. The summed E-state index contributed by atoms with van der Waals surface area (Å²) in [5.41, 5.74) is -0.433. The topological polar surface area (TPSA) is 28.7 Å². The molecule has 1 aromatic heterocycles. The van der Waals surface area contributed by atoms with Crippen LogP contribution in [0.15, 0.2) is 18.5 Å². The summed E-state index contributed by atoms with van der Waals surface area (Å²) in [6.45, 7) is 0. The van der Waals surface area contributed by atoms with Crippen molar-refractivity contribution in [2.45, 2.75) is 12.1 Å². The Hall–Kier alpha value is -1.23. The van der Waals surface area contributed by atoms with Gasteiger partial charge in [0.15, 0.2) is 0 Å². The van der Waals surface area contributed by atoms with Crippen LogP contribution in [0.25, 0.3) is 11.0 Å². The van der Waals surface area contributed by atoms with Gasteiger partial charge in [-0.3, -0.25) is 0 Å². The van der Waals surface area contributed by atoms with E-state index in [1.54, 1.807) is 0 Å². The van der Waals surface area contributed by atoms with E-state index >= 15 is 0 Å². The molecule has 0 atom stereocenters. The first-order valence-electron chi connectivity index (χ1n) is 4.12. The monoisotopic (exact) mass is 234 g/mol. The van der Waals surface area contributed by atoms with Gasteiger partial charge in [-0.05, 0) is 11.6 Å². The summed E-state index contributed by atoms with van der Waals surface area (Å²) in [7, 11) is 0. The summed E-state index contributed by atoms with van der Waals surface area (Å²) in [4.78, 5) is 6.29. The molecule has 2 nitrogen and oxygen atoms in total. The lowest BCUT2D eigenvalue weighted by Crippen LogP contribution is -2.09. The van der Waals surface area contributed by atoms with Gasteiger partial charge >= 0.3 is 6.18 Å². The number of imidazole rings is 1. The van der Waals surface area contributed by atoms with Crippen LogP contribution in [0.5, 0.6) is 0 Å². The van der Waals surface area contributed by atoms with Gasteiger partial charge in [-0.15, -0.1) is 11.6 Å². The van der Waals surface area contributed by atoms with Crippen molar-refractivity contribution in [3.05, 3.63) is 29.6 Å². The summed E-state index contributed by atoms with van der Waals surface area (Å²) in [6, 6.07) is 2.89. The van der Waals surface area contributed by atoms with Crippen LogP contribution < -0.4 is 0 Å². The average molecular weight is 235 g/mol. The van der Waals surface area contributed by atoms with Crippen LogP contribution in [0.1, 0.15) is 11.1 Å². The molecule has 0 unspecified atom stereocenters. The molecule has 0 aliphatic rings. The van der Waals surface area contributed by atoms with Gasteiger partial charge in [-0.1, -0.05) is 6.07 Å². The number of rotatable bonds is 1.